The monoisotopic (exact) mass is 292 g/mol. The Balaban J connectivity index is 1.73. The van der Waals surface area contributed by atoms with E-state index in [1.165, 1.54) is 4.88 Å². The van der Waals surface area contributed by atoms with Gasteiger partial charge in [0.05, 0.1) is 13.2 Å². The van der Waals surface area contributed by atoms with Crippen molar-refractivity contribution < 1.29 is 9.53 Å². The van der Waals surface area contributed by atoms with Gasteiger partial charge >= 0.3 is 6.03 Å². The fourth-order valence-electron chi connectivity index (χ4n) is 2.36. The van der Waals surface area contributed by atoms with Crippen LogP contribution in [0.5, 0.6) is 0 Å². The molecule has 0 aromatic carbocycles. The van der Waals surface area contributed by atoms with Gasteiger partial charge in [-0.3, -0.25) is 0 Å². The van der Waals surface area contributed by atoms with Gasteiger partial charge in [-0.25, -0.2) is 4.79 Å². The van der Waals surface area contributed by atoms with E-state index in [4.69, 9.17) is 11.2 Å². The van der Waals surface area contributed by atoms with Crippen molar-refractivity contribution in [3.8, 4) is 12.3 Å². The first-order chi connectivity index (χ1) is 9.79. The van der Waals surface area contributed by atoms with E-state index < -0.39 is 0 Å². The van der Waals surface area contributed by atoms with Gasteiger partial charge in [-0.05, 0) is 24.3 Å². The standard InChI is InChI=1S/C15H20N2O2S/c1-2-8-19-12-13-5-3-7-17(11-13)15(18)16-10-14-6-4-9-20-14/h1,4,6,9,13H,3,5,7-8,10-12H2,(H,16,18). The molecule has 2 rings (SSSR count). The number of thiophene rings is 1. The van der Waals surface area contributed by atoms with E-state index in [9.17, 15) is 4.79 Å². The van der Waals surface area contributed by atoms with E-state index in [0.29, 0.717) is 25.7 Å². The van der Waals surface area contributed by atoms with Crippen LogP contribution in [-0.2, 0) is 11.3 Å². The van der Waals surface area contributed by atoms with E-state index in [1.54, 1.807) is 11.3 Å². The molecule has 1 aliphatic heterocycles. The van der Waals surface area contributed by atoms with Gasteiger partial charge < -0.3 is 15.0 Å². The Morgan fingerprint density at radius 3 is 3.30 bits per heavy atom. The summed E-state index contributed by atoms with van der Waals surface area (Å²) in [5.74, 6) is 2.86. The summed E-state index contributed by atoms with van der Waals surface area (Å²) in [6.45, 7) is 3.16. The van der Waals surface area contributed by atoms with Crippen LogP contribution in [0, 0.1) is 18.3 Å². The molecule has 108 valence electrons. The summed E-state index contributed by atoms with van der Waals surface area (Å²) in [4.78, 5) is 15.2. The first-order valence-electron chi connectivity index (χ1n) is 6.86. The summed E-state index contributed by atoms with van der Waals surface area (Å²) < 4.78 is 5.38. The van der Waals surface area contributed by atoms with Gasteiger partial charge in [-0.15, -0.1) is 17.8 Å². The minimum Gasteiger partial charge on any atom is -0.368 e. The Morgan fingerprint density at radius 2 is 2.55 bits per heavy atom. The summed E-state index contributed by atoms with van der Waals surface area (Å²) in [6.07, 6.45) is 7.28. The predicted molar refractivity (Wildman–Crippen MR) is 80.5 cm³/mol. The maximum absolute atomic E-state index is 12.1. The van der Waals surface area contributed by atoms with Gasteiger partial charge in [0.25, 0.3) is 0 Å². The van der Waals surface area contributed by atoms with Crippen LogP contribution >= 0.6 is 11.3 Å². The van der Waals surface area contributed by atoms with Crippen LogP contribution < -0.4 is 5.32 Å². The molecule has 2 heterocycles. The zero-order valence-corrected chi connectivity index (χ0v) is 12.3. The second-order valence-electron chi connectivity index (χ2n) is 4.91. The van der Waals surface area contributed by atoms with Crippen molar-refractivity contribution in [3.05, 3.63) is 22.4 Å². The van der Waals surface area contributed by atoms with E-state index in [0.717, 1.165) is 25.9 Å². The van der Waals surface area contributed by atoms with Crippen LogP contribution in [0.2, 0.25) is 0 Å². The molecular formula is C15H20N2O2S. The molecule has 0 spiro atoms. The minimum absolute atomic E-state index is 0.0139. The lowest BCUT2D eigenvalue weighted by Gasteiger charge is -2.32. The summed E-state index contributed by atoms with van der Waals surface area (Å²) in [7, 11) is 0. The molecule has 1 atom stereocenters. The number of carbonyl (C=O) groups excluding carboxylic acids is 1. The molecule has 1 aliphatic rings. The molecular weight excluding hydrogens is 272 g/mol. The van der Waals surface area contributed by atoms with E-state index >= 15 is 0 Å². The molecule has 1 aromatic heterocycles. The normalized spacial score (nSPS) is 18.6. The van der Waals surface area contributed by atoms with Crippen molar-refractivity contribution in [2.24, 2.45) is 5.92 Å². The van der Waals surface area contributed by atoms with Crippen LogP contribution in [0.3, 0.4) is 0 Å². The average Bonchev–Trinajstić information content (AvgIpc) is 2.99. The van der Waals surface area contributed by atoms with Gasteiger partial charge in [-0.2, -0.15) is 0 Å². The van der Waals surface area contributed by atoms with Gasteiger partial charge in [0.2, 0.25) is 0 Å². The lowest BCUT2D eigenvalue weighted by Crippen LogP contribution is -2.46. The van der Waals surface area contributed by atoms with Crippen LogP contribution in [0.25, 0.3) is 0 Å². The smallest absolute Gasteiger partial charge is 0.317 e. The molecule has 1 aromatic rings. The number of piperidine rings is 1. The second kappa shape index (κ2) is 7.93. The Bertz CT molecular complexity index is 453. The number of nitrogens with zero attached hydrogens (tertiary/aromatic N) is 1. The van der Waals surface area contributed by atoms with Crippen LogP contribution in [0.4, 0.5) is 4.79 Å². The first-order valence-corrected chi connectivity index (χ1v) is 7.74. The number of hydrogen-bond acceptors (Lipinski definition) is 3. The Kier molecular flexibility index (Phi) is 5.90. The number of carbonyl (C=O) groups is 1. The van der Waals surface area contributed by atoms with Gasteiger partial charge in [0.15, 0.2) is 0 Å². The third-order valence-electron chi connectivity index (χ3n) is 3.34. The highest BCUT2D eigenvalue weighted by molar-refractivity contribution is 7.09. The molecule has 5 heteroatoms. The summed E-state index contributed by atoms with van der Waals surface area (Å²) in [6, 6.07) is 4.03. The van der Waals surface area contributed by atoms with Crippen molar-refractivity contribution in [1.82, 2.24) is 10.2 Å². The summed E-state index contributed by atoms with van der Waals surface area (Å²) in [5.41, 5.74) is 0. The van der Waals surface area contributed by atoms with Crippen LogP contribution in [0.15, 0.2) is 17.5 Å². The van der Waals surface area contributed by atoms with Gasteiger partial charge in [0.1, 0.15) is 6.61 Å². The zero-order valence-electron chi connectivity index (χ0n) is 11.5. The molecule has 0 radical (unpaired) electrons. The molecule has 1 saturated heterocycles. The number of terminal acetylenes is 1. The molecule has 20 heavy (non-hydrogen) atoms. The summed E-state index contributed by atoms with van der Waals surface area (Å²) in [5, 5.41) is 4.98. The number of nitrogens with one attached hydrogen (secondary N) is 1. The maximum atomic E-state index is 12.1. The number of rotatable bonds is 5. The second-order valence-corrected chi connectivity index (χ2v) is 5.94. The van der Waals surface area contributed by atoms with Crippen molar-refractivity contribution in [2.75, 3.05) is 26.3 Å². The van der Waals surface area contributed by atoms with Crippen LogP contribution in [-0.4, -0.2) is 37.2 Å². The topological polar surface area (TPSA) is 41.6 Å². The molecule has 4 nitrogen and oxygen atoms in total. The summed E-state index contributed by atoms with van der Waals surface area (Å²) >= 11 is 1.65. The van der Waals surface area contributed by atoms with Gasteiger partial charge in [0, 0.05) is 23.9 Å². The maximum Gasteiger partial charge on any atom is 0.317 e. The average molecular weight is 292 g/mol. The van der Waals surface area contributed by atoms with E-state index in [1.807, 2.05) is 22.4 Å². The van der Waals surface area contributed by atoms with Crippen molar-refractivity contribution in [1.29, 1.82) is 0 Å². The SMILES string of the molecule is C#CCOCC1CCCN(C(=O)NCc2cccs2)C1. The third kappa shape index (κ3) is 4.55. The van der Waals surface area contributed by atoms with Crippen molar-refractivity contribution in [3.63, 3.8) is 0 Å². The largest absolute Gasteiger partial charge is 0.368 e. The minimum atomic E-state index is 0.0139. The molecule has 0 saturated carbocycles. The molecule has 0 bridgehead atoms. The fourth-order valence-corrected chi connectivity index (χ4v) is 3.00. The number of hydrogen-bond donors (Lipinski definition) is 1. The highest BCUT2D eigenvalue weighted by Crippen LogP contribution is 2.17. The molecule has 0 aliphatic carbocycles. The van der Waals surface area contributed by atoms with Crippen molar-refractivity contribution >= 4 is 17.4 Å². The molecule has 1 N–H and O–H groups in total. The van der Waals surface area contributed by atoms with E-state index in [-0.39, 0.29) is 6.03 Å². The molecule has 2 amide bonds. The lowest BCUT2D eigenvalue weighted by molar-refractivity contribution is 0.0857. The molecule has 1 unspecified atom stereocenters. The fraction of sp³-hybridized carbons (Fsp3) is 0.533. The zero-order chi connectivity index (χ0) is 14.2. The Morgan fingerprint density at radius 1 is 1.65 bits per heavy atom. The highest BCUT2D eigenvalue weighted by Gasteiger charge is 2.23. The Labute approximate surface area is 124 Å². The van der Waals surface area contributed by atoms with Gasteiger partial charge in [-0.1, -0.05) is 12.0 Å². The van der Waals surface area contributed by atoms with E-state index in [2.05, 4.69) is 11.2 Å². The Hall–Kier alpha value is -1.51. The first kappa shape index (κ1) is 14.9. The number of urea groups is 1. The number of likely N-dealkylation sites (tertiary alicyclic amines) is 1. The third-order valence-corrected chi connectivity index (χ3v) is 4.22. The predicted octanol–water partition coefficient (Wildman–Crippen LogP) is 2.32. The number of amides is 2. The quantitative estimate of drug-likeness (QED) is 0.668. The highest BCUT2D eigenvalue weighted by atomic mass is 32.1. The lowest BCUT2D eigenvalue weighted by atomic mass is 9.99. The van der Waals surface area contributed by atoms with Crippen molar-refractivity contribution in [2.45, 2.75) is 19.4 Å². The van der Waals surface area contributed by atoms with Crippen LogP contribution in [0.1, 0.15) is 17.7 Å². The number of ether oxygens (including phenoxy) is 1. The molecule has 1 fully saturated rings.